The van der Waals surface area contributed by atoms with Crippen molar-refractivity contribution >= 4 is 0 Å². The molecule has 0 unspecified atom stereocenters. The molecule has 0 aromatic rings. The summed E-state index contributed by atoms with van der Waals surface area (Å²) in [5, 5.41) is 0. The molecule has 0 radical (unpaired) electrons. The van der Waals surface area contributed by atoms with E-state index in [-0.39, 0.29) is 37.2 Å². The summed E-state index contributed by atoms with van der Waals surface area (Å²) < 4.78 is 0. The molecule has 0 saturated carbocycles. The first-order chi connectivity index (χ1) is 7.66. The fourth-order valence-electron chi connectivity index (χ4n) is 0. The van der Waals surface area contributed by atoms with Crippen molar-refractivity contribution in [2.24, 2.45) is 0 Å². The fraction of sp³-hybridized carbons (Fsp3) is 0.750. The van der Waals surface area contributed by atoms with Gasteiger partial charge in [0.05, 0.1) is 0 Å². The Balaban J connectivity index is -0.0000000192. The number of hydrogen-bond acceptors (Lipinski definition) is 0. The molecule has 0 heterocycles. The Kier molecular flexibility index (Phi) is 173. The summed E-state index contributed by atoms with van der Waals surface area (Å²) in [7, 11) is 0. The van der Waals surface area contributed by atoms with Gasteiger partial charge in [-0.15, -0.1) is 0 Å². The predicted molar refractivity (Wildman–Crippen MR) is 88.3 cm³/mol. The van der Waals surface area contributed by atoms with Gasteiger partial charge in [-0.2, -0.15) is 25.7 Å². The SMILES string of the molecule is O.O.[CH2-]CCC.[CH2-]CCC.[CH2-]CCC.[CH2-]CCC.[Zr+4]. The Bertz CT molecular complexity index is 38.7. The van der Waals surface area contributed by atoms with Gasteiger partial charge in [0.15, 0.2) is 0 Å². The molecule has 0 bridgehead atoms. The van der Waals surface area contributed by atoms with Gasteiger partial charge in [0.1, 0.15) is 0 Å². The average molecular weight is 356 g/mol. The van der Waals surface area contributed by atoms with Crippen molar-refractivity contribution in [1.82, 2.24) is 0 Å². The van der Waals surface area contributed by atoms with E-state index in [0.29, 0.717) is 0 Å². The van der Waals surface area contributed by atoms with Crippen molar-refractivity contribution in [1.29, 1.82) is 0 Å². The molecule has 0 aliphatic rings. The molecule has 0 aromatic heterocycles. The summed E-state index contributed by atoms with van der Waals surface area (Å²) >= 11 is 0. The standard InChI is InChI=1S/4C4H9.2H2O.Zr/c4*1-3-4-2;;;/h4*1,3-4H2,2H3;2*1H2;/q4*-1;;;+4. The van der Waals surface area contributed by atoms with Gasteiger partial charge >= 0.3 is 26.2 Å². The first-order valence-electron chi connectivity index (χ1n) is 6.83. The van der Waals surface area contributed by atoms with E-state index in [4.69, 9.17) is 0 Å². The summed E-state index contributed by atoms with van der Waals surface area (Å²) in [6.07, 6.45) is 9.11. The quantitative estimate of drug-likeness (QED) is 0.648. The molecular weight excluding hydrogens is 315 g/mol. The third-order valence-corrected chi connectivity index (χ3v) is 1.41. The van der Waals surface area contributed by atoms with E-state index in [1.807, 2.05) is 0 Å². The van der Waals surface area contributed by atoms with Crippen LogP contribution < -0.4 is 0 Å². The van der Waals surface area contributed by atoms with Crippen molar-refractivity contribution in [3.05, 3.63) is 27.7 Å². The second kappa shape index (κ2) is 76.9. The summed E-state index contributed by atoms with van der Waals surface area (Å²) in [4.78, 5) is 0. The molecule has 0 aliphatic carbocycles. The summed E-state index contributed by atoms with van der Waals surface area (Å²) in [5.74, 6) is 0. The topological polar surface area (TPSA) is 63.0 Å². The minimum Gasteiger partial charge on any atom is -0.412 e. The molecule has 120 valence electrons. The van der Waals surface area contributed by atoms with Crippen molar-refractivity contribution in [3.8, 4) is 0 Å². The van der Waals surface area contributed by atoms with E-state index in [2.05, 4.69) is 55.4 Å². The number of unbranched alkanes of at least 4 members (excludes halogenated alkanes) is 4. The fourth-order valence-corrected chi connectivity index (χ4v) is 0. The van der Waals surface area contributed by atoms with E-state index >= 15 is 0 Å². The molecule has 0 atom stereocenters. The zero-order chi connectivity index (χ0) is 13.7. The van der Waals surface area contributed by atoms with E-state index < -0.39 is 0 Å². The third-order valence-electron chi connectivity index (χ3n) is 1.41. The normalized spacial score (nSPS) is 6.32. The Hall–Kier alpha value is 0.803. The van der Waals surface area contributed by atoms with Gasteiger partial charge in [0, 0.05) is 0 Å². The molecule has 2 nitrogen and oxygen atoms in total. The number of rotatable bonds is 4. The van der Waals surface area contributed by atoms with Gasteiger partial charge < -0.3 is 38.6 Å². The van der Waals surface area contributed by atoms with Crippen LogP contribution in [0.1, 0.15) is 79.1 Å². The van der Waals surface area contributed by atoms with Gasteiger partial charge in [0.25, 0.3) is 0 Å². The average Bonchev–Trinajstić information content (AvgIpc) is 2.39. The van der Waals surface area contributed by atoms with E-state index in [1.54, 1.807) is 0 Å². The number of hydrogen-bond donors (Lipinski definition) is 0. The molecule has 0 amide bonds. The molecule has 0 saturated heterocycles. The smallest absolute Gasteiger partial charge is 0.412 e. The van der Waals surface area contributed by atoms with Crippen LogP contribution in [0.25, 0.3) is 0 Å². The van der Waals surface area contributed by atoms with Crippen LogP contribution in [0.4, 0.5) is 0 Å². The second-order valence-electron chi connectivity index (χ2n) is 3.41. The van der Waals surface area contributed by atoms with Crippen LogP contribution in [0.3, 0.4) is 0 Å². The zero-order valence-corrected chi connectivity index (χ0v) is 16.4. The predicted octanol–water partition coefficient (Wildman–Crippen LogP) is 4.83. The molecule has 0 aromatic carbocycles. The molecule has 3 heteroatoms. The first-order valence-corrected chi connectivity index (χ1v) is 6.83. The maximum atomic E-state index is 3.60. The molecule has 0 aliphatic heterocycles. The Labute approximate surface area is 143 Å². The van der Waals surface area contributed by atoms with Gasteiger partial charge in [0.2, 0.25) is 0 Å². The van der Waals surface area contributed by atoms with Crippen LogP contribution in [-0.4, -0.2) is 11.0 Å². The minimum absolute atomic E-state index is 0. The summed E-state index contributed by atoms with van der Waals surface area (Å²) in [5.41, 5.74) is 0. The van der Waals surface area contributed by atoms with Crippen molar-refractivity contribution in [3.63, 3.8) is 0 Å². The van der Waals surface area contributed by atoms with Gasteiger partial charge in [-0.25, -0.2) is 0 Å². The van der Waals surface area contributed by atoms with E-state index in [0.717, 1.165) is 25.7 Å². The molecule has 4 N–H and O–H groups in total. The molecular formula is C16H40O2Zr. The maximum Gasteiger partial charge on any atom is 4.00 e. The van der Waals surface area contributed by atoms with Crippen molar-refractivity contribution in [2.75, 3.05) is 0 Å². The van der Waals surface area contributed by atoms with Gasteiger partial charge in [-0.3, -0.25) is 0 Å². The minimum atomic E-state index is 0. The Morgan fingerprint density at radius 3 is 0.526 bits per heavy atom. The van der Waals surface area contributed by atoms with E-state index in [9.17, 15) is 0 Å². The zero-order valence-electron chi connectivity index (χ0n) is 14.0. The van der Waals surface area contributed by atoms with Crippen LogP contribution in [0, 0.1) is 27.7 Å². The van der Waals surface area contributed by atoms with Crippen LogP contribution >= 0.6 is 0 Å². The summed E-state index contributed by atoms with van der Waals surface area (Å²) in [6.45, 7) is 22.9. The molecule has 19 heavy (non-hydrogen) atoms. The molecule has 0 spiro atoms. The summed E-state index contributed by atoms with van der Waals surface area (Å²) in [6, 6.07) is 0. The van der Waals surface area contributed by atoms with Crippen LogP contribution in [0.15, 0.2) is 0 Å². The van der Waals surface area contributed by atoms with Crippen molar-refractivity contribution in [2.45, 2.75) is 79.1 Å². The van der Waals surface area contributed by atoms with Gasteiger partial charge in [-0.1, -0.05) is 53.4 Å². The Morgan fingerprint density at radius 1 is 0.474 bits per heavy atom. The van der Waals surface area contributed by atoms with E-state index in [1.165, 1.54) is 25.7 Å². The largest absolute Gasteiger partial charge is 4.00 e. The van der Waals surface area contributed by atoms with Crippen LogP contribution in [0.5, 0.6) is 0 Å². The second-order valence-corrected chi connectivity index (χ2v) is 3.41. The third kappa shape index (κ3) is 230. The molecule has 0 rings (SSSR count). The molecule has 0 fully saturated rings. The van der Waals surface area contributed by atoms with Crippen LogP contribution in [0.2, 0.25) is 0 Å². The van der Waals surface area contributed by atoms with Gasteiger partial charge in [-0.05, 0) is 0 Å². The maximum absolute atomic E-state index is 3.60. The van der Waals surface area contributed by atoms with Crippen molar-refractivity contribution < 1.29 is 37.2 Å². The monoisotopic (exact) mass is 354 g/mol. The first kappa shape index (κ1) is 42.7. The Morgan fingerprint density at radius 2 is 0.526 bits per heavy atom. The van der Waals surface area contributed by atoms with Crippen LogP contribution in [-0.2, 0) is 26.2 Å².